The zero-order valence-electron chi connectivity index (χ0n) is 15.2. The largest absolute Gasteiger partial charge is 0.444 e. The van der Waals surface area contributed by atoms with Gasteiger partial charge in [-0.2, -0.15) is 0 Å². The van der Waals surface area contributed by atoms with Crippen LogP contribution >= 0.6 is 0 Å². The molecule has 0 heterocycles. The van der Waals surface area contributed by atoms with E-state index in [4.69, 9.17) is 4.74 Å². The fourth-order valence-electron chi connectivity index (χ4n) is 2.23. The summed E-state index contributed by atoms with van der Waals surface area (Å²) in [5, 5.41) is 6.39. The zero-order chi connectivity index (χ0) is 17.3. The molecule has 1 aromatic carbocycles. The van der Waals surface area contributed by atoms with Gasteiger partial charge >= 0.3 is 6.09 Å². The number of hydrogen-bond acceptors (Lipinski definition) is 3. The van der Waals surface area contributed by atoms with Gasteiger partial charge < -0.3 is 15.4 Å². The summed E-state index contributed by atoms with van der Waals surface area (Å²) < 4.78 is 5.33. The van der Waals surface area contributed by atoms with Crippen LogP contribution in [0.25, 0.3) is 0 Å². The first kappa shape index (κ1) is 19.5. The maximum absolute atomic E-state index is 11.9. The lowest BCUT2D eigenvalue weighted by atomic mass is 10.0. The van der Waals surface area contributed by atoms with Crippen molar-refractivity contribution < 1.29 is 9.53 Å². The molecule has 0 bridgehead atoms. The summed E-state index contributed by atoms with van der Waals surface area (Å²) in [6.45, 7) is 11.5. The van der Waals surface area contributed by atoms with E-state index >= 15 is 0 Å². The molecule has 1 amide bonds. The summed E-state index contributed by atoms with van der Waals surface area (Å²) in [6, 6.07) is 10.6. The van der Waals surface area contributed by atoms with Crippen molar-refractivity contribution in [2.45, 2.75) is 59.1 Å². The van der Waals surface area contributed by atoms with E-state index in [9.17, 15) is 4.79 Å². The second-order valence-corrected chi connectivity index (χ2v) is 7.29. The molecule has 23 heavy (non-hydrogen) atoms. The number of aryl methyl sites for hydroxylation is 1. The van der Waals surface area contributed by atoms with Crippen LogP contribution in [0.1, 0.15) is 46.6 Å². The summed E-state index contributed by atoms with van der Waals surface area (Å²) in [5.41, 5.74) is 0.899. The van der Waals surface area contributed by atoms with Gasteiger partial charge in [-0.05, 0) is 51.6 Å². The number of nitrogens with one attached hydrogen (secondary N) is 2. The van der Waals surface area contributed by atoms with Crippen molar-refractivity contribution >= 4 is 6.09 Å². The summed E-state index contributed by atoms with van der Waals surface area (Å²) >= 11 is 0. The fourth-order valence-corrected chi connectivity index (χ4v) is 2.23. The topological polar surface area (TPSA) is 50.4 Å². The zero-order valence-corrected chi connectivity index (χ0v) is 15.2. The molecule has 2 N–H and O–H groups in total. The van der Waals surface area contributed by atoms with Gasteiger partial charge in [0.05, 0.1) is 0 Å². The minimum atomic E-state index is -0.464. The van der Waals surface area contributed by atoms with E-state index in [0.717, 1.165) is 25.9 Å². The number of amides is 1. The van der Waals surface area contributed by atoms with E-state index in [1.54, 1.807) is 0 Å². The van der Waals surface area contributed by atoms with Gasteiger partial charge in [0.1, 0.15) is 5.60 Å². The quantitative estimate of drug-likeness (QED) is 0.717. The van der Waals surface area contributed by atoms with Crippen molar-refractivity contribution in [3.05, 3.63) is 35.9 Å². The van der Waals surface area contributed by atoms with Crippen LogP contribution < -0.4 is 10.6 Å². The number of alkyl carbamates (subject to hydrolysis) is 1. The Hall–Kier alpha value is -1.55. The van der Waals surface area contributed by atoms with Gasteiger partial charge in [0, 0.05) is 12.6 Å². The monoisotopic (exact) mass is 320 g/mol. The van der Waals surface area contributed by atoms with Gasteiger partial charge in [0.2, 0.25) is 0 Å². The molecular formula is C19H32N2O2. The number of hydrogen-bond donors (Lipinski definition) is 2. The van der Waals surface area contributed by atoms with Gasteiger partial charge in [-0.3, -0.25) is 0 Å². The van der Waals surface area contributed by atoms with Gasteiger partial charge in [-0.25, -0.2) is 4.79 Å². The van der Waals surface area contributed by atoms with Crippen molar-refractivity contribution in [1.29, 1.82) is 0 Å². The van der Waals surface area contributed by atoms with E-state index < -0.39 is 5.60 Å². The smallest absolute Gasteiger partial charge is 0.407 e. The number of carbonyl (C=O) groups is 1. The highest BCUT2D eigenvalue weighted by Gasteiger charge is 2.21. The highest BCUT2D eigenvalue weighted by molar-refractivity contribution is 5.68. The average Bonchev–Trinajstić information content (AvgIpc) is 2.44. The predicted molar refractivity (Wildman–Crippen MR) is 95.6 cm³/mol. The Morgan fingerprint density at radius 2 is 1.83 bits per heavy atom. The second kappa shape index (κ2) is 9.56. The van der Waals surface area contributed by atoms with Gasteiger partial charge in [0.15, 0.2) is 0 Å². The average molecular weight is 320 g/mol. The first-order chi connectivity index (χ1) is 10.8. The van der Waals surface area contributed by atoms with E-state index in [-0.39, 0.29) is 12.1 Å². The molecule has 0 aliphatic carbocycles. The summed E-state index contributed by atoms with van der Waals surface area (Å²) in [4.78, 5) is 11.9. The third kappa shape index (κ3) is 9.24. The molecule has 1 atom stereocenters. The number of ether oxygens (including phenoxy) is 1. The van der Waals surface area contributed by atoms with Crippen LogP contribution in [-0.4, -0.2) is 30.8 Å². The molecule has 0 saturated carbocycles. The van der Waals surface area contributed by atoms with E-state index in [1.807, 2.05) is 26.8 Å². The summed E-state index contributed by atoms with van der Waals surface area (Å²) in [6.07, 6.45) is 1.81. The molecule has 1 aromatic rings. The number of rotatable bonds is 8. The molecule has 0 aliphatic rings. The van der Waals surface area contributed by atoms with Gasteiger partial charge in [-0.1, -0.05) is 44.2 Å². The van der Waals surface area contributed by atoms with Crippen LogP contribution in [-0.2, 0) is 11.2 Å². The normalized spacial score (nSPS) is 13.0. The van der Waals surface area contributed by atoms with E-state index in [2.05, 4.69) is 48.7 Å². The van der Waals surface area contributed by atoms with Crippen LogP contribution in [0.15, 0.2) is 30.3 Å². The fraction of sp³-hybridized carbons (Fsp3) is 0.632. The van der Waals surface area contributed by atoms with Crippen molar-refractivity contribution in [3.63, 3.8) is 0 Å². The van der Waals surface area contributed by atoms with Crippen molar-refractivity contribution in [1.82, 2.24) is 10.6 Å². The first-order valence-corrected chi connectivity index (χ1v) is 8.52. The Labute approximate surface area is 141 Å². The summed E-state index contributed by atoms with van der Waals surface area (Å²) in [7, 11) is 0. The molecule has 0 saturated heterocycles. The Morgan fingerprint density at radius 1 is 1.17 bits per heavy atom. The lowest BCUT2D eigenvalue weighted by Crippen LogP contribution is -2.47. The molecule has 130 valence electrons. The molecule has 0 aromatic heterocycles. The molecule has 1 rings (SSSR count). The lowest BCUT2D eigenvalue weighted by molar-refractivity contribution is 0.0490. The molecule has 0 aliphatic heterocycles. The Bertz CT molecular complexity index is 452. The molecule has 0 radical (unpaired) electrons. The Balaban J connectivity index is 2.26. The van der Waals surface area contributed by atoms with Crippen molar-refractivity contribution in [3.8, 4) is 0 Å². The first-order valence-electron chi connectivity index (χ1n) is 8.52. The third-order valence-corrected chi connectivity index (χ3v) is 3.53. The molecule has 4 nitrogen and oxygen atoms in total. The highest BCUT2D eigenvalue weighted by Crippen LogP contribution is 2.08. The highest BCUT2D eigenvalue weighted by atomic mass is 16.6. The van der Waals surface area contributed by atoms with Crippen LogP contribution in [0.4, 0.5) is 4.79 Å². The maximum atomic E-state index is 11.9. The Morgan fingerprint density at radius 3 is 2.39 bits per heavy atom. The predicted octanol–water partition coefficient (Wildman–Crippen LogP) is 3.76. The van der Waals surface area contributed by atoms with Crippen LogP contribution in [0, 0.1) is 5.92 Å². The van der Waals surface area contributed by atoms with Crippen molar-refractivity contribution in [2.75, 3.05) is 13.1 Å². The minimum Gasteiger partial charge on any atom is -0.444 e. The molecule has 4 heteroatoms. The summed E-state index contributed by atoms with van der Waals surface area (Å²) in [5.74, 6) is 0.351. The molecular weight excluding hydrogens is 288 g/mol. The van der Waals surface area contributed by atoms with Crippen LogP contribution in [0.5, 0.6) is 0 Å². The Kier molecular flexibility index (Phi) is 8.10. The maximum Gasteiger partial charge on any atom is 0.407 e. The van der Waals surface area contributed by atoms with Gasteiger partial charge in [0.25, 0.3) is 0 Å². The van der Waals surface area contributed by atoms with Crippen LogP contribution in [0.2, 0.25) is 0 Å². The second-order valence-electron chi connectivity index (χ2n) is 7.29. The standard InChI is InChI=1S/C19H32N2O2/c1-15(2)17(21-18(22)23-19(3,4)5)14-20-13-9-12-16-10-7-6-8-11-16/h6-8,10-11,15,17,20H,9,12-14H2,1-5H3,(H,21,22). The van der Waals surface area contributed by atoms with E-state index in [0.29, 0.717) is 5.92 Å². The van der Waals surface area contributed by atoms with Gasteiger partial charge in [-0.15, -0.1) is 0 Å². The lowest BCUT2D eigenvalue weighted by Gasteiger charge is -2.26. The number of benzene rings is 1. The van der Waals surface area contributed by atoms with Crippen LogP contribution in [0.3, 0.4) is 0 Å². The minimum absolute atomic E-state index is 0.0709. The SMILES string of the molecule is CC(C)C(CNCCCc1ccccc1)NC(=O)OC(C)(C)C. The third-order valence-electron chi connectivity index (χ3n) is 3.53. The number of carbonyl (C=O) groups excluding carboxylic acids is 1. The van der Waals surface area contributed by atoms with E-state index in [1.165, 1.54) is 5.56 Å². The molecule has 1 unspecified atom stereocenters. The van der Waals surface area contributed by atoms with Crippen molar-refractivity contribution in [2.24, 2.45) is 5.92 Å². The molecule has 0 spiro atoms. The molecule has 0 fully saturated rings.